The average Bonchev–Trinajstić information content (AvgIpc) is 2.47. The van der Waals surface area contributed by atoms with Gasteiger partial charge in [0.25, 0.3) is 0 Å². The molecule has 0 heterocycles. The van der Waals surface area contributed by atoms with Crippen LogP contribution in [0.1, 0.15) is 89.9 Å². The van der Waals surface area contributed by atoms with E-state index in [1.54, 1.807) is 7.05 Å². The number of hydrogen-bond donors (Lipinski definition) is 1. The number of allylic oxidation sites excluding steroid dienone is 1. The van der Waals surface area contributed by atoms with E-state index in [2.05, 4.69) is 11.9 Å². The quantitative estimate of drug-likeness (QED) is 0.317. The van der Waals surface area contributed by atoms with Crippen LogP contribution in [-0.4, -0.2) is 13.0 Å². The van der Waals surface area contributed by atoms with Crippen molar-refractivity contribution in [3.05, 3.63) is 12.7 Å². The minimum Gasteiger partial charge on any atom is -0.359 e. The molecule has 0 aromatic heterocycles. The molecule has 1 N–H and O–H groups in total. The number of nitrogens with one attached hydrogen (secondary N) is 1. The van der Waals surface area contributed by atoms with Crippen LogP contribution in [0.25, 0.3) is 0 Å². The number of amides is 1. The summed E-state index contributed by atoms with van der Waals surface area (Å²) in [4.78, 5) is 11.0. The summed E-state index contributed by atoms with van der Waals surface area (Å²) in [5.41, 5.74) is 0. The van der Waals surface area contributed by atoms with Crippen molar-refractivity contribution in [2.45, 2.75) is 89.9 Å². The lowest BCUT2D eigenvalue weighted by molar-refractivity contribution is -0.120. The number of carbonyl (C=O) groups excluding carboxylic acids is 1. The van der Waals surface area contributed by atoms with E-state index in [1.165, 1.54) is 77.0 Å². The van der Waals surface area contributed by atoms with Crippen LogP contribution in [0, 0.1) is 0 Å². The maximum Gasteiger partial charge on any atom is 0.219 e. The topological polar surface area (TPSA) is 29.1 Å². The molecule has 2 heteroatoms. The molecule has 0 aliphatic rings. The second kappa shape index (κ2) is 16.3. The van der Waals surface area contributed by atoms with Crippen molar-refractivity contribution < 1.29 is 4.79 Å². The van der Waals surface area contributed by atoms with E-state index in [0.29, 0.717) is 6.42 Å². The third-order valence-corrected chi connectivity index (χ3v) is 3.84. The van der Waals surface area contributed by atoms with Crippen molar-refractivity contribution in [3.63, 3.8) is 0 Å². The lowest BCUT2D eigenvalue weighted by Crippen LogP contribution is -2.16. The molecule has 0 aliphatic carbocycles. The highest BCUT2D eigenvalue weighted by Gasteiger charge is 1.97. The molecule has 0 atom stereocenters. The summed E-state index contributed by atoms with van der Waals surface area (Å²) in [6.45, 7) is 3.75. The Labute approximate surface area is 126 Å². The molecule has 0 unspecified atom stereocenters. The Kier molecular flexibility index (Phi) is 15.6. The third kappa shape index (κ3) is 15.3. The Morgan fingerprint density at radius 2 is 1.20 bits per heavy atom. The van der Waals surface area contributed by atoms with E-state index >= 15 is 0 Å². The average molecular weight is 281 g/mol. The zero-order valence-corrected chi connectivity index (χ0v) is 13.6. The lowest BCUT2D eigenvalue weighted by Gasteiger charge is -2.03. The molecular weight excluding hydrogens is 246 g/mol. The summed E-state index contributed by atoms with van der Waals surface area (Å²) in [5, 5.41) is 2.67. The van der Waals surface area contributed by atoms with Gasteiger partial charge in [-0.3, -0.25) is 4.79 Å². The Morgan fingerprint density at radius 3 is 1.60 bits per heavy atom. The van der Waals surface area contributed by atoms with Crippen LogP contribution in [-0.2, 0) is 4.79 Å². The van der Waals surface area contributed by atoms with Crippen LogP contribution in [0.3, 0.4) is 0 Å². The minimum absolute atomic E-state index is 0.179. The molecule has 0 aliphatic heterocycles. The van der Waals surface area contributed by atoms with Gasteiger partial charge in [-0.15, -0.1) is 6.58 Å². The normalized spacial score (nSPS) is 10.4. The van der Waals surface area contributed by atoms with Crippen molar-refractivity contribution in [2.24, 2.45) is 0 Å². The molecule has 0 spiro atoms. The second-order valence-corrected chi connectivity index (χ2v) is 5.74. The number of carbonyl (C=O) groups is 1. The second-order valence-electron chi connectivity index (χ2n) is 5.74. The Hall–Kier alpha value is -0.790. The van der Waals surface area contributed by atoms with Gasteiger partial charge in [0.2, 0.25) is 5.91 Å². The zero-order valence-electron chi connectivity index (χ0n) is 13.6. The Morgan fingerprint density at radius 1 is 0.800 bits per heavy atom. The first-order valence-electron chi connectivity index (χ1n) is 8.62. The Balaban J connectivity index is 2.99. The molecule has 0 bridgehead atoms. The number of hydrogen-bond acceptors (Lipinski definition) is 1. The fraction of sp³-hybridized carbons (Fsp3) is 0.833. The highest BCUT2D eigenvalue weighted by atomic mass is 16.1. The van der Waals surface area contributed by atoms with Gasteiger partial charge in [0, 0.05) is 13.5 Å². The van der Waals surface area contributed by atoms with Gasteiger partial charge >= 0.3 is 0 Å². The van der Waals surface area contributed by atoms with Crippen LogP contribution in [0.15, 0.2) is 12.7 Å². The van der Waals surface area contributed by atoms with Crippen molar-refractivity contribution >= 4 is 5.91 Å². The summed E-state index contributed by atoms with van der Waals surface area (Å²) in [6.07, 6.45) is 19.8. The van der Waals surface area contributed by atoms with E-state index in [9.17, 15) is 4.79 Å². The number of rotatable bonds is 15. The van der Waals surface area contributed by atoms with Crippen LogP contribution in [0.4, 0.5) is 0 Å². The summed E-state index contributed by atoms with van der Waals surface area (Å²) in [7, 11) is 1.71. The van der Waals surface area contributed by atoms with Crippen molar-refractivity contribution in [1.82, 2.24) is 5.32 Å². The molecule has 0 rings (SSSR count). The van der Waals surface area contributed by atoms with Gasteiger partial charge in [0.15, 0.2) is 0 Å². The van der Waals surface area contributed by atoms with Crippen LogP contribution in [0.2, 0.25) is 0 Å². The Bertz CT molecular complexity index is 225. The third-order valence-electron chi connectivity index (χ3n) is 3.84. The highest BCUT2D eigenvalue weighted by Crippen LogP contribution is 2.12. The molecular formula is C18H35NO. The van der Waals surface area contributed by atoms with E-state index in [0.717, 1.165) is 6.42 Å². The standard InChI is InChI=1S/C18H35NO/c1-3-4-5-6-7-8-9-10-11-12-13-14-15-16-17-18(20)19-2/h3H,1,4-17H2,2H3,(H,19,20). The van der Waals surface area contributed by atoms with E-state index < -0.39 is 0 Å². The number of unbranched alkanes of at least 4 members (excludes halogenated alkanes) is 12. The van der Waals surface area contributed by atoms with Gasteiger partial charge in [-0.2, -0.15) is 0 Å². The fourth-order valence-electron chi connectivity index (χ4n) is 2.47. The lowest BCUT2D eigenvalue weighted by atomic mass is 10.0. The zero-order chi connectivity index (χ0) is 14.9. The maximum atomic E-state index is 11.0. The molecule has 0 saturated heterocycles. The van der Waals surface area contributed by atoms with Gasteiger partial charge in [0.05, 0.1) is 0 Å². The van der Waals surface area contributed by atoms with Gasteiger partial charge in [-0.05, 0) is 19.3 Å². The smallest absolute Gasteiger partial charge is 0.219 e. The molecule has 118 valence electrons. The molecule has 0 aromatic rings. The summed E-state index contributed by atoms with van der Waals surface area (Å²) in [5.74, 6) is 0.179. The molecule has 20 heavy (non-hydrogen) atoms. The first-order chi connectivity index (χ1) is 9.81. The summed E-state index contributed by atoms with van der Waals surface area (Å²) in [6, 6.07) is 0. The summed E-state index contributed by atoms with van der Waals surface area (Å²) < 4.78 is 0. The van der Waals surface area contributed by atoms with Gasteiger partial charge in [0.1, 0.15) is 0 Å². The first-order valence-corrected chi connectivity index (χ1v) is 8.62. The van der Waals surface area contributed by atoms with E-state index in [-0.39, 0.29) is 5.91 Å². The van der Waals surface area contributed by atoms with E-state index in [4.69, 9.17) is 0 Å². The monoisotopic (exact) mass is 281 g/mol. The first kappa shape index (κ1) is 19.2. The maximum absolute atomic E-state index is 11.0. The van der Waals surface area contributed by atoms with Crippen LogP contribution in [0.5, 0.6) is 0 Å². The predicted molar refractivity (Wildman–Crippen MR) is 88.9 cm³/mol. The van der Waals surface area contributed by atoms with E-state index in [1.807, 2.05) is 6.08 Å². The molecule has 0 radical (unpaired) electrons. The molecule has 0 aromatic carbocycles. The van der Waals surface area contributed by atoms with Gasteiger partial charge in [-0.1, -0.05) is 70.3 Å². The van der Waals surface area contributed by atoms with Crippen LogP contribution >= 0.6 is 0 Å². The van der Waals surface area contributed by atoms with Gasteiger partial charge in [-0.25, -0.2) is 0 Å². The SMILES string of the molecule is C=CCCCCCCCCCCCCCCC(=O)NC. The predicted octanol–water partition coefficient (Wildman–Crippen LogP) is 5.38. The van der Waals surface area contributed by atoms with Crippen molar-refractivity contribution in [1.29, 1.82) is 0 Å². The molecule has 2 nitrogen and oxygen atoms in total. The molecule has 1 amide bonds. The van der Waals surface area contributed by atoms with Gasteiger partial charge < -0.3 is 5.32 Å². The minimum atomic E-state index is 0.179. The fourth-order valence-corrected chi connectivity index (χ4v) is 2.47. The molecule has 0 fully saturated rings. The summed E-state index contributed by atoms with van der Waals surface area (Å²) >= 11 is 0. The van der Waals surface area contributed by atoms with Crippen LogP contribution < -0.4 is 5.32 Å². The largest absolute Gasteiger partial charge is 0.359 e. The highest BCUT2D eigenvalue weighted by molar-refractivity contribution is 5.75. The van der Waals surface area contributed by atoms with Crippen molar-refractivity contribution in [3.8, 4) is 0 Å². The molecule has 0 saturated carbocycles. The van der Waals surface area contributed by atoms with Crippen molar-refractivity contribution in [2.75, 3.05) is 7.05 Å².